The Kier molecular flexibility index (Phi) is 5.09. The normalized spacial score (nSPS) is 12.8. The van der Waals surface area contributed by atoms with Gasteiger partial charge in [-0.15, -0.1) is 10.2 Å². The van der Waals surface area contributed by atoms with Gasteiger partial charge in [0.2, 0.25) is 17.7 Å². The van der Waals surface area contributed by atoms with Crippen LogP contribution in [0.5, 0.6) is 0 Å². The summed E-state index contributed by atoms with van der Waals surface area (Å²) in [5.74, 6) is 1.01. The average Bonchev–Trinajstić information content (AvgIpc) is 2.75. The van der Waals surface area contributed by atoms with Crippen LogP contribution in [0.3, 0.4) is 0 Å². The second-order valence-electron chi connectivity index (χ2n) is 4.31. The Labute approximate surface area is 100 Å². The number of nitrogens with zero attached hydrogens (tertiary/aromatic N) is 2. The molecule has 6 heteroatoms. The van der Waals surface area contributed by atoms with Crippen molar-refractivity contribution in [2.75, 3.05) is 13.2 Å². The van der Waals surface area contributed by atoms with E-state index in [1.54, 1.807) is 0 Å². The maximum atomic E-state index is 11.4. The van der Waals surface area contributed by atoms with Crippen LogP contribution in [0.4, 0.5) is 0 Å². The highest BCUT2D eigenvalue weighted by atomic mass is 16.4. The topological polar surface area (TPSA) is 88.2 Å². The van der Waals surface area contributed by atoms with Crippen LogP contribution < -0.4 is 5.32 Å². The van der Waals surface area contributed by atoms with E-state index < -0.39 is 0 Å². The zero-order valence-electron chi connectivity index (χ0n) is 10.4. The Balaban J connectivity index is 2.51. The molecule has 1 rings (SSSR count). The predicted octanol–water partition coefficient (Wildman–Crippen LogP) is 0.795. The molecular formula is C11H19N3O3. The molecule has 0 radical (unpaired) electrons. The van der Waals surface area contributed by atoms with Crippen LogP contribution in [0.25, 0.3) is 0 Å². The first-order valence-electron chi connectivity index (χ1n) is 5.75. The summed E-state index contributed by atoms with van der Waals surface area (Å²) >= 11 is 0. The van der Waals surface area contributed by atoms with Gasteiger partial charge in [0.25, 0.3) is 0 Å². The average molecular weight is 241 g/mol. The summed E-state index contributed by atoms with van der Waals surface area (Å²) in [6, 6.07) is 0. The molecule has 17 heavy (non-hydrogen) atoms. The number of hydrogen-bond donors (Lipinski definition) is 2. The predicted molar refractivity (Wildman–Crippen MR) is 61.5 cm³/mol. The lowest BCUT2D eigenvalue weighted by Gasteiger charge is -2.06. The number of carbonyl (C=O) groups is 1. The van der Waals surface area contributed by atoms with E-state index in [1.807, 2.05) is 20.8 Å². The standard InChI is InChI=1S/C11H19N3O3/c1-7(2)10-13-14-11(17-10)8(3)6-9(16)12-4-5-15/h7-8,15H,4-6H2,1-3H3,(H,12,16). The highest BCUT2D eigenvalue weighted by Gasteiger charge is 2.18. The number of hydrogen-bond acceptors (Lipinski definition) is 5. The molecule has 1 aromatic rings. The molecule has 0 saturated heterocycles. The van der Waals surface area contributed by atoms with Crippen LogP contribution in [0.1, 0.15) is 50.8 Å². The van der Waals surface area contributed by atoms with Crippen molar-refractivity contribution in [1.29, 1.82) is 0 Å². The molecule has 6 nitrogen and oxygen atoms in total. The third kappa shape index (κ3) is 4.14. The Morgan fingerprint density at radius 3 is 2.53 bits per heavy atom. The summed E-state index contributed by atoms with van der Waals surface area (Å²) in [4.78, 5) is 11.4. The molecule has 1 aromatic heterocycles. The largest absolute Gasteiger partial charge is 0.425 e. The summed E-state index contributed by atoms with van der Waals surface area (Å²) in [5.41, 5.74) is 0. The van der Waals surface area contributed by atoms with Gasteiger partial charge in [0.15, 0.2) is 0 Å². The molecule has 1 heterocycles. The van der Waals surface area contributed by atoms with Gasteiger partial charge in [-0.25, -0.2) is 0 Å². The van der Waals surface area contributed by atoms with E-state index in [0.717, 1.165) is 0 Å². The van der Waals surface area contributed by atoms with E-state index in [2.05, 4.69) is 15.5 Å². The lowest BCUT2D eigenvalue weighted by molar-refractivity contribution is -0.121. The summed E-state index contributed by atoms with van der Waals surface area (Å²) < 4.78 is 5.46. The Hall–Kier alpha value is -1.43. The first-order chi connectivity index (χ1) is 8.04. The molecule has 0 aromatic carbocycles. The van der Waals surface area contributed by atoms with Gasteiger partial charge >= 0.3 is 0 Å². The molecular weight excluding hydrogens is 222 g/mol. The Morgan fingerprint density at radius 2 is 2.00 bits per heavy atom. The second-order valence-corrected chi connectivity index (χ2v) is 4.31. The highest BCUT2D eigenvalue weighted by Crippen LogP contribution is 2.20. The maximum Gasteiger partial charge on any atom is 0.220 e. The molecule has 0 bridgehead atoms. The van der Waals surface area contributed by atoms with E-state index in [9.17, 15) is 4.79 Å². The smallest absolute Gasteiger partial charge is 0.220 e. The summed E-state index contributed by atoms with van der Waals surface area (Å²) in [5, 5.41) is 19.0. The van der Waals surface area contributed by atoms with Crippen molar-refractivity contribution in [2.45, 2.75) is 39.0 Å². The monoisotopic (exact) mass is 241 g/mol. The summed E-state index contributed by atoms with van der Waals surface area (Å²) in [7, 11) is 0. The molecule has 0 aliphatic rings. The van der Waals surface area contributed by atoms with E-state index >= 15 is 0 Å². The fraction of sp³-hybridized carbons (Fsp3) is 0.727. The molecule has 0 saturated carbocycles. The molecule has 0 fully saturated rings. The number of aliphatic hydroxyl groups excluding tert-OH is 1. The molecule has 0 aliphatic carbocycles. The van der Waals surface area contributed by atoms with Crippen LogP contribution in [0.15, 0.2) is 4.42 Å². The van der Waals surface area contributed by atoms with Crippen molar-refractivity contribution in [3.05, 3.63) is 11.8 Å². The molecule has 0 aliphatic heterocycles. The molecule has 1 atom stereocenters. The van der Waals surface area contributed by atoms with Crippen LogP contribution in [0, 0.1) is 0 Å². The van der Waals surface area contributed by atoms with Crippen molar-refractivity contribution in [1.82, 2.24) is 15.5 Å². The van der Waals surface area contributed by atoms with Crippen molar-refractivity contribution >= 4 is 5.91 Å². The number of aromatic nitrogens is 2. The van der Waals surface area contributed by atoms with Crippen LogP contribution in [0.2, 0.25) is 0 Å². The number of aliphatic hydroxyl groups is 1. The zero-order chi connectivity index (χ0) is 12.8. The third-order valence-corrected chi connectivity index (χ3v) is 2.30. The van der Waals surface area contributed by atoms with Gasteiger partial charge < -0.3 is 14.8 Å². The Bertz CT molecular complexity index is 363. The van der Waals surface area contributed by atoms with Gasteiger partial charge in [0.05, 0.1) is 6.61 Å². The number of amides is 1. The SMILES string of the molecule is CC(C)c1nnc(C(C)CC(=O)NCCO)o1. The maximum absolute atomic E-state index is 11.4. The van der Waals surface area contributed by atoms with Gasteiger partial charge in [-0.2, -0.15) is 0 Å². The van der Waals surface area contributed by atoms with Crippen LogP contribution in [-0.4, -0.2) is 34.4 Å². The first-order valence-corrected chi connectivity index (χ1v) is 5.75. The van der Waals surface area contributed by atoms with E-state index in [-0.39, 0.29) is 37.3 Å². The second kappa shape index (κ2) is 6.34. The zero-order valence-corrected chi connectivity index (χ0v) is 10.4. The van der Waals surface area contributed by atoms with E-state index in [0.29, 0.717) is 11.8 Å². The minimum atomic E-state index is -0.129. The van der Waals surface area contributed by atoms with Gasteiger partial charge in [0, 0.05) is 24.8 Å². The molecule has 96 valence electrons. The lowest BCUT2D eigenvalue weighted by atomic mass is 10.1. The highest BCUT2D eigenvalue weighted by molar-refractivity contribution is 5.76. The molecule has 2 N–H and O–H groups in total. The molecule has 1 amide bonds. The van der Waals surface area contributed by atoms with Crippen molar-refractivity contribution < 1.29 is 14.3 Å². The third-order valence-electron chi connectivity index (χ3n) is 2.30. The fourth-order valence-electron chi connectivity index (χ4n) is 1.31. The molecule has 0 spiro atoms. The Morgan fingerprint density at radius 1 is 1.35 bits per heavy atom. The quantitative estimate of drug-likeness (QED) is 0.769. The number of carbonyl (C=O) groups excluding carboxylic acids is 1. The number of rotatable bonds is 6. The van der Waals surface area contributed by atoms with E-state index in [4.69, 9.17) is 9.52 Å². The first kappa shape index (κ1) is 13.6. The van der Waals surface area contributed by atoms with Gasteiger partial charge in [-0.05, 0) is 0 Å². The van der Waals surface area contributed by atoms with Gasteiger partial charge in [-0.3, -0.25) is 4.79 Å². The lowest BCUT2D eigenvalue weighted by Crippen LogP contribution is -2.27. The van der Waals surface area contributed by atoms with Crippen molar-refractivity contribution in [3.63, 3.8) is 0 Å². The van der Waals surface area contributed by atoms with Crippen LogP contribution >= 0.6 is 0 Å². The molecule has 1 unspecified atom stereocenters. The van der Waals surface area contributed by atoms with Crippen LogP contribution in [-0.2, 0) is 4.79 Å². The van der Waals surface area contributed by atoms with Gasteiger partial charge in [0.1, 0.15) is 0 Å². The summed E-state index contributed by atoms with van der Waals surface area (Å²) in [6.07, 6.45) is 0.278. The minimum Gasteiger partial charge on any atom is -0.425 e. The number of nitrogens with one attached hydrogen (secondary N) is 1. The summed E-state index contributed by atoms with van der Waals surface area (Å²) in [6.45, 7) is 6.01. The van der Waals surface area contributed by atoms with Crippen molar-refractivity contribution in [3.8, 4) is 0 Å². The fourth-order valence-corrected chi connectivity index (χ4v) is 1.31. The van der Waals surface area contributed by atoms with E-state index in [1.165, 1.54) is 0 Å². The van der Waals surface area contributed by atoms with Crippen molar-refractivity contribution in [2.24, 2.45) is 0 Å². The van der Waals surface area contributed by atoms with Gasteiger partial charge in [-0.1, -0.05) is 20.8 Å². The minimum absolute atomic E-state index is 0.0574.